The summed E-state index contributed by atoms with van der Waals surface area (Å²) in [6, 6.07) is 5.79. The van der Waals surface area contributed by atoms with E-state index in [9.17, 15) is 47.9 Å². The van der Waals surface area contributed by atoms with Crippen molar-refractivity contribution in [3.8, 4) is 5.75 Å². The van der Waals surface area contributed by atoms with Crippen molar-refractivity contribution in [3.05, 3.63) is 65.7 Å². The van der Waals surface area contributed by atoms with Gasteiger partial charge in [0.1, 0.15) is 48.0 Å². The Morgan fingerprint density at radius 2 is 1.38 bits per heavy atom. The van der Waals surface area contributed by atoms with Gasteiger partial charge < -0.3 is 75.1 Å². The highest BCUT2D eigenvalue weighted by Gasteiger charge is 2.42. The Kier molecular flexibility index (Phi) is 27.4. The summed E-state index contributed by atoms with van der Waals surface area (Å²) in [4.78, 5) is 158. The van der Waals surface area contributed by atoms with Crippen LogP contribution in [0.5, 0.6) is 5.75 Å². The van der Waals surface area contributed by atoms with Gasteiger partial charge in [0.2, 0.25) is 65.0 Å². The predicted octanol–water partition coefficient (Wildman–Crippen LogP) is -0.905. The molecule has 2 saturated heterocycles. The van der Waals surface area contributed by atoms with Crippen LogP contribution in [0.1, 0.15) is 114 Å². The topological polar surface area (TPSA) is 413 Å². The minimum Gasteiger partial charge on any atom is -0.497 e. The van der Waals surface area contributed by atoms with Crippen LogP contribution in [0, 0.1) is 0 Å². The van der Waals surface area contributed by atoms with Crippen LogP contribution in [-0.2, 0) is 65.6 Å². The summed E-state index contributed by atoms with van der Waals surface area (Å²) in [5, 5.41) is 21.6. The normalized spacial score (nSPS) is 22.1. The number of aliphatic imine (C=N–C) groups is 1. The van der Waals surface area contributed by atoms with E-state index >= 15 is 4.79 Å². The van der Waals surface area contributed by atoms with E-state index in [1.807, 2.05) is 6.92 Å². The molecule has 2 heterocycles. The number of rotatable bonds is 23. The number of carbonyl (C=O) groups excluding carboxylic acids is 11. The molecule has 7 atom stereocenters. The van der Waals surface area contributed by atoms with Crippen molar-refractivity contribution in [1.29, 1.82) is 0 Å². The lowest BCUT2D eigenvalue weighted by molar-refractivity contribution is -0.142. The maximum absolute atomic E-state index is 15.1. The van der Waals surface area contributed by atoms with Gasteiger partial charge >= 0.3 is 0 Å². The van der Waals surface area contributed by atoms with Crippen LogP contribution in [0.15, 0.2) is 59.6 Å². The maximum atomic E-state index is 15.1. The van der Waals surface area contributed by atoms with Crippen molar-refractivity contribution in [2.75, 3.05) is 39.0 Å². The third kappa shape index (κ3) is 22.2. The van der Waals surface area contributed by atoms with Crippen molar-refractivity contribution >= 4 is 92.5 Å². The summed E-state index contributed by atoms with van der Waals surface area (Å²) in [5.74, 6) is -8.35. The fraction of sp³-hybridized carbons (Fsp3) is 0.571. The van der Waals surface area contributed by atoms with Crippen LogP contribution in [0.4, 0.5) is 0 Å². The molecule has 3 aliphatic rings. The van der Waals surface area contributed by atoms with Crippen molar-refractivity contribution in [1.82, 2.24) is 47.4 Å². The highest BCUT2D eigenvalue weighted by atomic mass is 33.1. The van der Waals surface area contributed by atoms with Gasteiger partial charge in [0, 0.05) is 55.8 Å². The van der Waals surface area contributed by atoms with E-state index in [0.717, 1.165) is 32.1 Å². The first kappa shape index (κ1) is 67.2. The van der Waals surface area contributed by atoms with E-state index in [-0.39, 0.29) is 69.9 Å². The maximum Gasteiger partial charge on any atom is 0.246 e. The smallest absolute Gasteiger partial charge is 0.246 e. The summed E-state index contributed by atoms with van der Waals surface area (Å²) in [6.45, 7) is 2.18. The molecule has 2 aromatic rings. The Labute approximate surface area is 496 Å². The number of ether oxygens (including phenoxy) is 1. The lowest BCUT2D eigenvalue weighted by atomic mass is 9.85. The molecule has 3 unspecified atom stereocenters. The van der Waals surface area contributed by atoms with Gasteiger partial charge in [0.05, 0.1) is 20.1 Å². The molecule has 0 radical (unpaired) electrons. The quantitative estimate of drug-likeness (QED) is 0.0278. The van der Waals surface area contributed by atoms with Crippen LogP contribution >= 0.6 is 21.6 Å². The van der Waals surface area contributed by atoms with Crippen molar-refractivity contribution in [2.45, 2.75) is 163 Å². The largest absolute Gasteiger partial charge is 0.497 e. The molecule has 11 amide bonds. The lowest BCUT2D eigenvalue weighted by Crippen LogP contribution is -2.61. The first-order valence-corrected chi connectivity index (χ1v) is 30.8. The molecule has 28 heteroatoms. The number of amides is 11. The van der Waals surface area contributed by atoms with E-state index in [1.54, 1.807) is 54.6 Å². The standard InChI is InChI=1S/C56H82N14O12S2/c1-3-4-25-61-47(74)32-63-48(75)37(15-11-26-62-55(59)60)66-53(80)43-16-12-27-70(43)54(81)42-33-83-84-56(23-9-6-10-24-56)31-46(73)64-39(29-35-17-19-36(82-2)20-18-35)50(77)67-40(28-34-13-7-5-8-14-34)51(78)65-38(21-22-44(57)71)49(76)68-41(30-45(58)72)52(79)69-42/h5,7-8,13-14,17-20,37-43H,3-4,6,9-12,15-16,21-33H2,1-2H3,(H2,57,71)(H2,58,72)(H,61,74)(H,63,75)(H,64,73)(H,65,78)(H,66,80)(H,67,77)(H,68,76)(H,69,79)(H4,59,60,62)/t37-,38-,39?,40-,41?,42?,43-/m0/s1. The number of methoxy groups -OCH3 is 1. The fourth-order valence-corrected chi connectivity index (χ4v) is 13.4. The number of nitrogens with one attached hydrogen (secondary N) is 8. The van der Waals surface area contributed by atoms with Gasteiger partial charge in [-0.15, -0.1) is 0 Å². The first-order valence-electron chi connectivity index (χ1n) is 28.4. The number of primary amides is 2. The van der Waals surface area contributed by atoms with E-state index in [4.69, 9.17) is 27.7 Å². The molecule has 1 aliphatic carbocycles. The zero-order valence-electron chi connectivity index (χ0n) is 47.7. The summed E-state index contributed by atoms with van der Waals surface area (Å²) in [5.41, 5.74) is 23.5. The third-order valence-electron chi connectivity index (χ3n) is 14.5. The molecule has 5 rings (SSSR count). The van der Waals surface area contributed by atoms with Crippen molar-refractivity contribution in [2.24, 2.45) is 27.9 Å². The van der Waals surface area contributed by atoms with E-state index in [0.29, 0.717) is 42.7 Å². The number of guanidine groups is 1. The third-order valence-corrected chi connectivity index (χ3v) is 17.9. The Morgan fingerprint density at radius 1 is 0.750 bits per heavy atom. The highest BCUT2D eigenvalue weighted by Crippen LogP contribution is 2.48. The van der Waals surface area contributed by atoms with E-state index in [2.05, 4.69) is 47.5 Å². The Bertz CT molecular complexity index is 2640. The second-order valence-electron chi connectivity index (χ2n) is 21.2. The summed E-state index contributed by atoms with van der Waals surface area (Å²) >= 11 is 0. The summed E-state index contributed by atoms with van der Waals surface area (Å²) in [6.07, 6.45) is 4.10. The van der Waals surface area contributed by atoms with Gasteiger partial charge in [0.15, 0.2) is 5.96 Å². The minimum atomic E-state index is -1.77. The van der Waals surface area contributed by atoms with Gasteiger partial charge in [-0.25, -0.2) is 0 Å². The van der Waals surface area contributed by atoms with Gasteiger partial charge in [-0.05, 0) is 74.6 Å². The molecule has 0 bridgehead atoms. The van der Waals surface area contributed by atoms with Gasteiger partial charge in [0.25, 0.3) is 0 Å². The van der Waals surface area contributed by atoms with Crippen molar-refractivity contribution in [3.63, 3.8) is 0 Å². The number of benzene rings is 2. The van der Waals surface area contributed by atoms with E-state index in [1.165, 1.54) is 33.6 Å². The van der Waals surface area contributed by atoms with Crippen LogP contribution in [0.2, 0.25) is 0 Å². The molecule has 1 saturated carbocycles. The Balaban J connectivity index is 1.52. The molecule has 460 valence electrons. The molecule has 1 spiro atoms. The van der Waals surface area contributed by atoms with Gasteiger partial charge in [-0.2, -0.15) is 0 Å². The monoisotopic (exact) mass is 1210 g/mol. The minimum absolute atomic E-state index is 0.00870. The average Bonchev–Trinajstić information content (AvgIpc) is 3.46. The number of likely N-dealkylation sites (tertiary alicyclic amines) is 1. The van der Waals surface area contributed by atoms with Gasteiger partial charge in [-0.1, -0.05) is 96.7 Å². The molecule has 26 nitrogen and oxygen atoms in total. The number of nitrogens with two attached hydrogens (primary N) is 4. The molecule has 84 heavy (non-hydrogen) atoms. The zero-order chi connectivity index (χ0) is 61.2. The lowest BCUT2D eigenvalue weighted by Gasteiger charge is -2.37. The Morgan fingerprint density at radius 3 is 2.02 bits per heavy atom. The van der Waals surface area contributed by atoms with Crippen LogP contribution < -0.4 is 70.2 Å². The first-order chi connectivity index (χ1) is 40.2. The van der Waals surface area contributed by atoms with Gasteiger partial charge in [-0.3, -0.25) is 57.7 Å². The number of nitrogens with zero attached hydrogens (tertiary/aromatic N) is 2. The Hall–Kier alpha value is -7.62. The number of hydrogen-bond acceptors (Lipinski definition) is 15. The second kappa shape index (κ2) is 34.2. The molecule has 2 aromatic carbocycles. The zero-order valence-corrected chi connectivity index (χ0v) is 49.3. The number of hydrogen-bond donors (Lipinski definition) is 12. The average molecular weight is 1210 g/mol. The molecule has 16 N–H and O–H groups in total. The summed E-state index contributed by atoms with van der Waals surface area (Å²) < 4.78 is 4.60. The fourth-order valence-electron chi connectivity index (χ4n) is 10.0. The molecular formula is C56H82N14O12S2. The van der Waals surface area contributed by atoms with E-state index < -0.39 is 131 Å². The SMILES string of the molecule is CCCCNC(=O)CNC(=O)[C@H](CCCN=C(N)N)NC(=O)[C@@H]1CCCN1C(=O)C1CSSC2(CCCCC2)CC(=O)NC(Cc2ccc(OC)cc2)C(=O)N[C@@H](Cc2ccccc2)C(=O)N[C@@H](CCC(N)=O)C(=O)NC(CC(N)=O)C(=O)N1. The summed E-state index contributed by atoms with van der Waals surface area (Å²) in [7, 11) is 4.05. The molecule has 0 aromatic heterocycles. The highest BCUT2D eigenvalue weighted by molar-refractivity contribution is 8.77. The molecule has 3 fully saturated rings. The second-order valence-corrected chi connectivity index (χ2v) is 24.0. The molecule has 2 aliphatic heterocycles. The van der Waals surface area contributed by atoms with Crippen molar-refractivity contribution < 1.29 is 57.5 Å². The van der Waals surface area contributed by atoms with Crippen LogP contribution in [-0.4, -0.2) is 162 Å². The number of carbonyl (C=O) groups is 11. The number of unbranched alkanes of at least 4 members (excludes halogenated alkanes) is 1. The van der Waals surface area contributed by atoms with Crippen LogP contribution in [0.25, 0.3) is 0 Å². The van der Waals surface area contributed by atoms with Crippen LogP contribution in [0.3, 0.4) is 0 Å². The predicted molar refractivity (Wildman–Crippen MR) is 317 cm³/mol. The molecular weight excluding hydrogens is 1120 g/mol.